The number of hydrogen-bond acceptors (Lipinski definition) is 4. The Morgan fingerprint density at radius 1 is 1.35 bits per heavy atom. The fourth-order valence-corrected chi connectivity index (χ4v) is 1.37. The van der Waals surface area contributed by atoms with Crippen molar-refractivity contribution in [3.8, 4) is 0 Å². The van der Waals surface area contributed by atoms with Gasteiger partial charge in [0.2, 0.25) is 0 Å². The largest absolute Gasteiger partial charge is 0.466 e. The number of esters is 1. The van der Waals surface area contributed by atoms with Gasteiger partial charge in [-0.05, 0) is 17.2 Å². The van der Waals surface area contributed by atoms with Crippen molar-refractivity contribution in [2.75, 3.05) is 13.7 Å². The van der Waals surface area contributed by atoms with Crippen LogP contribution in [0.25, 0.3) is 6.08 Å². The summed E-state index contributed by atoms with van der Waals surface area (Å²) in [5.74, 6) is -0.464. The number of carbonyl (C=O) groups excluding carboxylic acids is 2. The van der Waals surface area contributed by atoms with E-state index in [0.717, 1.165) is 11.1 Å². The van der Waals surface area contributed by atoms with Crippen molar-refractivity contribution in [1.29, 1.82) is 0 Å². The van der Waals surface area contributed by atoms with Crippen LogP contribution >= 0.6 is 0 Å². The van der Waals surface area contributed by atoms with Gasteiger partial charge in [-0.2, -0.15) is 0 Å². The van der Waals surface area contributed by atoms with Crippen LogP contribution in [0.4, 0.5) is 0 Å². The van der Waals surface area contributed by atoms with Crippen molar-refractivity contribution < 1.29 is 14.3 Å². The van der Waals surface area contributed by atoms with Crippen LogP contribution in [-0.4, -0.2) is 25.4 Å². The van der Waals surface area contributed by atoms with Gasteiger partial charge >= 0.3 is 5.97 Å². The normalized spacial score (nSPS) is 10.5. The molecule has 1 aromatic carbocycles. The fourth-order valence-electron chi connectivity index (χ4n) is 1.37. The molecule has 0 aliphatic heterocycles. The SMILES string of the molecule is COC(=O)/C=C/c1ccccc1CC(=O)CN. The Labute approximate surface area is 100 Å². The van der Waals surface area contributed by atoms with Gasteiger partial charge in [0.15, 0.2) is 5.78 Å². The van der Waals surface area contributed by atoms with Crippen LogP contribution in [-0.2, 0) is 20.7 Å². The predicted octanol–water partition coefficient (Wildman–Crippen LogP) is 0.943. The van der Waals surface area contributed by atoms with E-state index in [1.807, 2.05) is 24.3 Å². The predicted molar refractivity (Wildman–Crippen MR) is 65.3 cm³/mol. The summed E-state index contributed by atoms with van der Waals surface area (Å²) in [4.78, 5) is 22.3. The van der Waals surface area contributed by atoms with E-state index in [-0.39, 0.29) is 18.7 Å². The van der Waals surface area contributed by atoms with Crippen LogP contribution < -0.4 is 5.73 Å². The fraction of sp³-hybridized carbons (Fsp3) is 0.231. The van der Waals surface area contributed by atoms with Crippen molar-refractivity contribution in [2.24, 2.45) is 5.73 Å². The number of methoxy groups -OCH3 is 1. The van der Waals surface area contributed by atoms with Crippen molar-refractivity contribution in [2.45, 2.75) is 6.42 Å². The highest BCUT2D eigenvalue weighted by Gasteiger charge is 2.04. The molecule has 90 valence electrons. The number of carbonyl (C=O) groups is 2. The highest BCUT2D eigenvalue weighted by atomic mass is 16.5. The number of ether oxygens (including phenoxy) is 1. The molecule has 0 heterocycles. The molecule has 0 aromatic heterocycles. The summed E-state index contributed by atoms with van der Waals surface area (Å²) >= 11 is 0. The molecule has 17 heavy (non-hydrogen) atoms. The molecule has 4 nitrogen and oxygen atoms in total. The van der Waals surface area contributed by atoms with Gasteiger partial charge in [0.1, 0.15) is 0 Å². The van der Waals surface area contributed by atoms with Gasteiger partial charge in [-0.1, -0.05) is 24.3 Å². The minimum atomic E-state index is -0.426. The highest BCUT2D eigenvalue weighted by molar-refractivity contribution is 5.88. The third-order valence-electron chi connectivity index (χ3n) is 2.27. The molecule has 0 unspecified atom stereocenters. The van der Waals surface area contributed by atoms with Gasteiger partial charge in [-0.25, -0.2) is 4.79 Å². The zero-order chi connectivity index (χ0) is 12.7. The van der Waals surface area contributed by atoms with E-state index in [9.17, 15) is 9.59 Å². The van der Waals surface area contributed by atoms with Crippen molar-refractivity contribution in [1.82, 2.24) is 0 Å². The molecular weight excluding hydrogens is 218 g/mol. The van der Waals surface area contributed by atoms with Crippen LogP contribution in [0.3, 0.4) is 0 Å². The summed E-state index contributed by atoms with van der Waals surface area (Å²) in [6, 6.07) is 7.35. The molecule has 0 aliphatic carbocycles. The average molecular weight is 233 g/mol. The Morgan fingerprint density at radius 3 is 2.71 bits per heavy atom. The third kappa shape index (κ3) is 4.20. The molecule has 0 spiro atoms. The van der Waals surface area contributed by atoms with E-state index in [1.165, 1.54) is 13.2 Å². The molecule has 0 saturated carbocycles. The van der Waals surface area contributed by atoms with E-state index < -0.39 is 5.97 Å². The number of rotatable bonds is 5. The van der Waals surface area contributed by atoms with E-state index in [0.29, 0.717) is 0 Å². The second kappa shape index (κ2) is 6.60. The van der Waals surface area contributed by atoms with E-state index >= 15 is 0 Å². The monoisotopic (exact) mass is 233 g/mol. The summed E-state index contributed by atoms with van der Waals surface area (Å²) < 4.78 is 4.50. The number of benzene rings is 1. The van der Waals surface area contributed by atoms with Gasteiger partial charge in [0, 0.05) is 12.5 Å². The van der Waals surface area contributed by atoms with Crippen LogP contribution in [0.15, 0.2) is 30.3 Å². The van der Waals surface area contributed by atoms with Gasteiger partial charge in [0.25, 0.3) is 0 Å². The molecule has 2 N–H and O–H groups in total. The Bertz CT molecular complexity index is 438. The quantitative estimate of drug-likeness (QED) is 0.607. The number of ketones is 1. The first-order valence-electron chi connectivity index (χ1n) is 5.23. The molecular formula is C13H15NO3. The maximum atomic E-state index is 11.3. The number of nitrogens with two attached hydrogens (primary N) is 1. The Hall–Kier alpha value is -1.94. The van der Waals surface area contributed by atoms with Gasteiger partial charge in [-0.3, -0.25) is 4.79 Å². The van der Waals surface area contributed by atoms with Crippen LogP contribution in [0.1, 0.15) is 11.1 Å². The van der Waals surface area contributed by atoms with Crippen LogP contribution in [0.2, 0.25) is 0 Å². The lowest BCUT2D eigenvalue weighted by atomic mass is 10.0. The van der Waals surface area contributed by atoms with Crippen molar-refractivity contribution in [3.63, 3.8) is 0 Å². The van der Waals surface area contributed by atoms with E-state index in [1.54, 1.807) is 6.08 Å². The minimum absolute atomic E-state index is 0.0229. The van der Waals surface area contributed by atoms with Gasteiger partial charge in [-0.15, -0.1) is 0 Å². The molecule has 4 heteroatoms. The molecule has 0 aliphatic rings. The molecule has 0 bridgehead atoms. The Morgan fingerprint density at radius 2 is 2.06 bits per heavy atom. The van der Waals surface area contributed by atoms with Crippen LogP contribution in [0.5, 0.6) is 0 Å². The summed E-state index contributed by atoms with van der Waals surface area (Å²) in [5.41, 5.74) is 6.94. The first kappa shape index (κ1) is 13.1. The van der Waals surface area contributed by atoms with Gasteiger partial charge in [0.05, 0.1) is 13.7 Å². The molecule has 1 aromatic rings. The third-order valence-corrected chi connectivity index (χ3v) is 2.27. The lowest BCUT2D eigenvalue weighted by Crippen LogP contribution is -2.16. The standard InChI is InChI=1S/C13H15NO3/c1-17-13(16)7-6-10-4-2-3-5-11(10)8-12(15)9-14/h2-7H,8-9,14H2,1H3/b7-6+. The van der Waals surface area contributed by atoms with E-state index in [4.69, 9.17) is 5.73 Å². The lowest BCUT2D eigenvalue weighted by molar-refractivity contribution is -0.134. The maximum Gasteiger partial charge on any atom is 0.330 e. The smallest absolute Gasteiger partial charge is 0.330 e. The molecule has 0 atom stereocenters. The Kier molecular flexibility index (Phi) is 5.10. The minimum Gasteiger partial charge on any atom is -0.466 e. The van der Waals surface area contributed by atoms with Crippen LogP contribution in [0, 0.1) is 0 Å². The van der Waals surface area contributed by atoms with Crippen molar-refractivity contribution >= 4 is 17.8 Å². The first-order chi connectivity index (χ1) is 8.17. The summed E-state index contributed by atoms with van der Waals surface area (Å²) in [6.07, 6.45) is 3.23. The van der Waals surface area contributed by atoms with Crippen molar-refractivity contribution in [3.05, 3.63) is 41.5 Å². The zero-order valence-electron chi connectivity index (χ0n) is 9.68. The molecule has 0 fully saturated rings. The molecule has 0 radical (unpaired) electrons. The number of Topliss-reactive ketones (excluding diaryl/α,β-unsaturated/α-hetero) is 1. The highest BCUT2D eigenvalue weighted by Crippen LogP contribution is 2.11. The zero-order valence-corrected chi connectivity index (χ0v) is 9.68. The number of hydrogen-bond donors (Lipinski definition) is 1. The maximum absolute atomic E-state index is 11.3. The topological polar surface area (TPSA) is 69.4 Å². The molecule has 1 rings (SSSR count). The Balaban J connectivity index is 2.88. The first-order valence-corrected chi connectivity index (χ1v) is 5.23. The average Bonchev–Trinajstić information content (AvgIpc) is 2.37. The second-order valence-corrected chi connectivity index (χ2v) is 3.47. The molecule has 0 amide bonds. The molecule has 0 saturated heterocycles. The lowest BCUT2D eigenvalue weighted by Gasteiger charge is -2.04. The summed E-state index contributed by atoms with van der Waals surface area (Å²) in [5, 5.41) is 0. The summed E-state index contributed by atoms with van der Waals surface area (Å²) in [6.45, 7) is 0.0229. The van der Waals surface area contributed by atoms with Gasteiger partial charge < -0.3 is 10.5 Å². The second-order valence-electron chi connectivity index (χ2n) is 3.47. The summed E-state index contributed by atoms with van der Waals surface area (Å²) in [7, 11) is 1.32. The van der Waals surface area contributed by atoms with E-state index in [2.05, 4.69) is 4.74 Å².